The molecule has 0 aliphatic heterocycles. The summed E-state index contributed by atoms with van der Waals surface area (Å²) in [5.74, 6) is 0. The molecule has 0 aliphatic rings. The van der Waals surface area contributed by atoms with Crippen molar-refractivity contribution in [3.8, 4) is 0 Å². The fourth-order valence-electron chi connectivity index (χ4n) is 1.78. The summed E-state index contributed by atoms with van der Waals surface area (Å²) in [4.78, 5) is 0. The molecule has 0 bridgehead atoms. The standard InChI is InChI=1S/C16H17ClN2S/c1-2-12-5-9-15(10-6-12)19-16(20)18-11-13-3-7-14(17)8-4-13/h3-10H,2,11H2,1H3,(H2,18,19,20). The van der Waals surface area contributed by atoms with E-state index in [0.29, 0.717) is 11.7 Å². The summed E-state index contributed by atoms with van der Waals surface area (Å²) in [6.45, 7) is 2.82. The molecule has 104 valence electrons. The lowest BCUT2D eigenvalue weighted by Gasteiger charge is -2.11. The highest BCUT2D eigenvalue weighted by atomic mass is 35.5. The zero-order valence-electron chi connectivity index (χ0n) is 11.3. The zero-order valence-corrected chi connectivity index (χ0v) is 12.9. The lowest BCUT2D eigenvalue weighted by atomic mass is 10.1. The van der Waals surface area contributed by atoms with Gasteiger partial charge in [-0.05, 0) is 54.0 Å². The third kappa shape index (κ3) is 4.51. The van der Waals surface area contributed by atoms with E-state index in [1.165, 1.54) is 5.56 Å². The van der Waals surface area contributed by atoms with Gasteiger partial charge in [0.15, 0.2) is 5.11 Å². The third-order valence-electron chi connectivity index (χ3n) is 2.99. The maximum atomic E-state index is 5.85. The average molecular weight is 305 g/mol. The van der Waals surface area contributed by atoms with Gasteiger partial charge in [0.25, 0.3) is 0 Å². The van der Waals surface area contributed by atoms with Crippen LogP contribution in [0.3, 0.4) is 0 Å². The van der Waals surface area contributed by atoms with Gasteiger partial charge in [0.05, 0.1) is 0 Å². The van der Waals surface area contributed by atoms with Crippen LogP contribution in [-0.2, 0) is 13.0 Å². The Bertz CT molecular complexity index is 564. The van der Waals surface area contributed by atoms with Crippen molar-refractivity contribution < 1.29 is 0 Å². The molecule has 20 heavy (non-hydrogen) atoms. The predicted molar refractivity (Wildman–Crippen MR) is 90.3 cm³/mol. The molecule has 0 spiro atoms. The molecule has 2 N–H and O–H groups in total. The van der Waals surface area contributed by atoms with Crippen molar-refractivity contribution in [3.63, 3.8) is 0 Å². The highest BCUT2D eigenvalue weighted by Gasteiger charge is 1.98. The highest BCUT2D eigenvalue weighted by Crippen LogP contribution is 2.11. The summed E-state index contributed by atoms with van der Waals surface area (Å²) in [5.41, 5.74) is 3.45. The molecule has 0 fully saturated rings. The van der Waals surface area contributed by atoms with Gasteiger partial charge in [-0.3, -0.25) is 0 Å². The van der Waals surface area contributed by atoms with Crippen molar-refractivity contribution in [1.29, 1.82) is 0 Å². The third-order valence-corrected chi connectivity index (χ3v) is 3.48. The van der Waals surface area contributed by atoms with Gasteiger partial charge in [-0.25, -0.2) is 0 Å². The van der Waals surface area contributed by atoms with Crippen molar-refractivity contribution in [2.24, 2.45) is 0 Å². The summed E-state index contributed by atoms with van der Waals surface area (Å²) in [7, 11) is 0. The summed E-state index contributed by atoms with van der Waals surface area (Å²) < 4.78 is 0. The van der Waals surface area contributed by atoms with E-state index in [1.54, 1.807) is 0 Å². The van der Waals surface area contributed by atoms with E-state index in [1.807, 2.05) is 36.4 Å². The summed E-state index contributed by atoms with van der Waals surface area (Å²) in [6.07, 6.45) is 1.04. The van der Waals surface area contributed by atoms with Crippen LogP contribution < -0.4 is 10.6 Å². The number of nitrogens with one attached hydrogen (secondary N) is 2. The Morgan fingerprint density at radius 1 is 1.00 bits per heavy atom. The molecule has 0 saturated carbocycles. The normalized spacial score (nSPS) is 10.1. The van der Waals surface area contributed by atoms with Crippen molar-refractivity contribution in [2.75, 3.05) is 5.32 Å². The van der Waals surface area contributed by atoms with Crippen LogP contribution in [0.1, 0.15) is 18.1 Å². The van der Waals surface area contributed by atoms with Crippen LogP contribution in [0.2, 0.25) is 5.02 Å². The van der Waals surface area contributed by atoms with E-state index in [0.717, 1.165) is 22.7 Å². The molecule has 0 aromatic heterocycles. The van der Waals surface area contributed by atoms with Crippen molar-refractivity contribution >= 4 is 34.6 Å². The van der Waals surface area contributed by atoms with Crippen molar-refractivity contribution in [1.82, 2.24) is 5.32 Å². The Morgan fingerprint density at radius 2 is 1.60 bits per heavy atom. The molecule has 0 atom stereocenters. The number of hydrogen-bond donors (Lipinski definition) is 2. The maximum Gasteiger partial charge on any atom is 0.171 e. The minimum absolute atomic E-state index is 0.615. The molecule has 0 heterocycles. The molecule has 0 radical (unpaired) electrons. The van der Waals surface area contributed by atoms with Crippen LogP contribution in [0, 0.1) is 0 Å². The van der Waals surface area contributed by atoms with Gasteiger partial charge in [0.2, 0.25) is 0 Å². The van der Waals surface area contributed by atoms with E-state index in [2.05, 4.69) is 29.7 Å². The Hall–Kier alpha value is -1.58. The van der Waals surface area contributed by atoms with E-state index in [-0.39, 0.29) is 0 Å². The fraction of sp³-hybridized carbons (Fsp3) is 0.188. The molecule has 0 saturated heterocycles. The molecule has 4 heteroatoms. The van der Waals surface area contributed by atoms with E-state index in [4.69, 9.17) is 23.8 Å². The number of thiocarbonyl (C=S) groups is 1. The van der Waals surface area contributed by atoms with Crippen LogP contribution in [0.25, 0.3) is 0 Å². The molecule has 0 amide bonds. The molecule has 2 rings (SSSR count). The Morgan fingerprint density at radius 3 is 2.20 bits per heavy atom. The molecule has 0 unspecified atom stereocenters. The largest absolute Gasteiger partial charge is 0.358 e. The summed E-state index contributed by atoms with van der Waals surface area (Å²) in [5, 5.41) is 7.70. The summed E-state index contributed by atoms with van der Waals surface area (Å²) >= 11 is 11.1. The van der Waals surface area contributed by atoms with Gasteiger partial charge in [0, 0.05) is 17.3 Å². The first-order chi connectivity index (χ1) is 9.67. The van der Waals surface area contributed by atoms with Crippen LogP contribution in [0.5, 0.6) is 0 Å². The van der Waals surface area contributed by atoms with Gasteiger partial charge < -0.3 is 10.6 Å². The molecule has 2 aromatic rings. The van der Waals surface area contributed by atoms with E-state index >= 15 is 0 Å². The quantitative estimate of drug-likeness (QED) is 0.819. The topological polar surface area (TPSA) is 24.1 Å². The van der Waals surface area contributed by atoms with E-state index in [9.17, 15) is 0 Å². The SMILES string of the molecule is CCc1ccc(NC(=S)NCc2ccc(Cl)cc2)cc1. The number of aryl methyl sites for hydroxylation is 1. The second kappa shape index (κ2) is 7.27. The van der Waals surface area contributed by atoms with Gasteiger partial charge in [-0.1, -0.05) is 42.8 Å². The number of benzene rings is 2. The van der Waals surface area contributed by atoms with Crippen molar-refractivity contribution in [3.05, 3.63) is 64.7 Å². The minimum atomic E-state index is 0.615. The van der Waals surface area contributed by atoms with Crippen LogP contribution >= 0.6 is 23.8 Å². The van der Waals surface area contributed by atoms with Crippen LogP contribution in [-0.4, -0.2) is 5.11 Å². The van der Waals surface area contributed by atoms with Gasteiger partial charge in [-0.15, -0.1) is 0 Å². The van der Waals surface area contributed by atoms with Crippen LogP contribution in [0.15, 0.2) is 48.5 Å². The smallest absolute Gasteiger partial charge is 0.171 e. The number of hydrogen-bond acceptors (Lipinski definition) is 1. The van der Waals surface area contributed by atoms with Crippen LogP contribution in [0.4, 0.5) is 5.69 Å². The van der Waals surface area contributed by atoms with Crippen molar-refractivity contribution in [2.45, 2.75) is 19.9 Å². The molecular weight excluding hydrogens is 288 g/mol. The number of anilines is 1. The maximum absolute atomic E-state index is 5.85. The first kappa shape index (κ1) is 14.8. The molecular formula is C16H17ClN2S. The highest BCUT2D eigenvalue weighted by molar-refractivity contribution is 7.80. The predicted octanol–water partition coefficient (Wildman–Crippen LogP) is 4.39. The first-order valence-corrected chi connectivity index (χ1v) is 7.34. The lowest BCUT2D eigenvalue weighted by Crippen LogP contribution is -2.27. The molecule has 0 aliphatic carbocycles. The second-order valence-electron chi connectivity index (χ2n) is 4.48. The average Bonchev–Trinajstić information content (AvgIpc) is 2.47. The first-order valence-electron chi connectivity index (χ1n) is 6.55. The minimum Gasteiger partial charge on any atom is -0.358 e. The Labute approximate surface area is 130 Å². The fourth-order valence-corrected chi connectivity index (χ4v) is 2.10. The molecule has 2 nitrogen and oxygen atoms in total. The lowest BCUT2D eigenvalue weighted by molar-refractivity contribution is 0.926. The van der Waals surface area contributed by atoms with Gasteiger partial charge >= 0.3 is 0 Å². The number of halogens is 1. The molecule has 2 aromatic carbocycles. The zero-order chi connectivity index (χ0) is 14.4. The summed E-state index contributed by atoms with van der Waals surface area (Å²) in [6, 6.07) is 16.0. The number of rotatable bonds is 4. The Kier molecular flexibility index (Phi) is 5.39. The monoisotopic (exact) mass is 304 g/mol. The van der Waals surface area contributed by atoms with Gasteiger partial charge in [0.1, 0.15) is 0 Å². The van der Waals surface area contributed by atoms with E-state index < -0.39 is 0 Å². The second-order valence-corrected chi connectivity index (χ2v) is 5.33. The van der Waals surface area contributed by atoms with Gasteiger partial charge in [-0.2, -0.15) is 0 Å². The Balaban J connectivity index is 1.84.